The van der Waals surface area contributed by atoms with Crippen LogP contribution in [0.1, 0.15) is 10.4 Å². The van der Waals surface area contributed by atoms with Crippen LogP contribution in [0.3, 0.4) is 0 Å². The Morgan fingerprint density at radius 3 is 2.75 bits per heavy atom. The number of amides is 1. The Kier molecular flexibility index (Phi) is 4.56. The van der Waals surface area contributed by atoms with Gasteiger partial charge in [0.25, 0.3) is 5.91 Å². The molecule has 0 atom stereocenters. The highest BCUT2D eigenvalue weighted by molar-refractivity contribution is 9.11. The van der Waals surface area contributed by atoms with Gasteiger partial charge in [0, 0.05) is 15.1 Å². The second-order valence-electron chi connectivity index (χ2n) is 3.90. The number of anilines is 1. The molecule has 0 aliphatic rings. The van der Waals surface area contributed by atoms with Crippen LogP contribution in [-0.4, -0.2) is 26.8 Å². The van der Waals surface area contributed by atoms with Crippen molar-refractivity contribution >= 4 is 49.4 Å². The van der Waals surface area contributed by atoms with E-state index in [1.54, 1.807) is 18.2 Å². The number of carbonyl (C=O) groups excluding carboxylic acids is 1. The molecule has 2 aromatic rings. The zero-order chi connectivity index (χ0) is 14.7. The summed E-state index contributed by atoms with van der Waals surface area (Å²) in [6.07, 6.45) is 2.85. The summed E-state index contributed by atoms with van der Waals surface area (Å²) in [5.74, 6) is -1.30. The van der Waals surface area contributed by atoms with E-state index in [4.69, 9.17) is 5.11 Å². The minimum absolute atomic E-state index is 0.252. The monoisotopic (exact) mass is 401 g/mol. The maximum absolute atomic E-state index is 12.1. The summed E-state index contributed by atoms with van der Waals surface area (Å²) < 4.78 is 2.74. The first-order valence-corrected chi connectivity index (χ1v) is 7.05. The van der Waals surface area contributed by atoms with Crippen LogP contribution in [0.2, 0.25) is 0 Å². The Bertz CT molecular complexity index is 670. The molecular weight excluding hydrogens is 394 g/mol. The van der Waals surface area contributed by atoms with E-state index in [1.807, 2.05) is 0 Å². The van der Waals surface area contributed by atoms with Crippen molar-refractivity contribution in [2.75, 3.05) is 5.32 Å². The molecule has 20 heavy (non-hydrogen) atoms. The van der Waals surface area contributed by atoms with Gasteiger partial charge in [-0.15, -0.1) is 0 Å². The van der Waals surface area contributed by atoms with Crippen LogP contribution >= 0.6 is 31.9 Å². The zero-order valence-corrected chi connectivity index (χ0v) is 13.2. The van der Waals surface area contributed by atoms with E-state index >= 15 is 0 Å². The number of aromatic nitrogens is 2. The highest BCUT2D eigenvalue weighted by atomic mass is 79.9. The highest BCUT2D eigenvalue weighted by Crippen LogP contribution is 2.22. The standard InChI is InChI=1S/C12H9Br2N3O3/c13-7-1-2-9(10(14)3-7)12(20)16-8-4-15-17(5-8)6-11(18)19/h1-5H,6H2,(H,16,20)(H,18,19). The van der Waals surface area contributed by atoms with Crippen molar-refractivity contribution in [3.63, 3.8) is 0 Å². The van der Waals surface area contributed by atoms with Gasteiger partial charge < -0.3 is 10.4 Å². The normalized spacial score (nSPS) is 10.3. The number of carboxylic acids is 1. The lowest BCUT2D eigenvalue weighted by Gasteiger charge is -2.05. The van der Waals surface area contributed by atoms with Gasteiger partial charge in [-0.3, -0.25) is 14.3 Å². The van der Waals surface area contributed by atoms with E-state index in [1.165, 1.54) is 17.1 Å². The quantitative estimate of drug-likeness (QED) is 0.823. The molecule has 0 aliphatic carbocycles. The third kappa shape index (κ3) is 3.67. The third-order valence-corrected chi connectivity index (χ3v) is 3.51. The van der Waals surface area contributed by atoms with E-state index in [0.29, 0.717) is 15.7 Å². The van der Waals surface area contributed by atoms with Crippen molar-refractivity contribution in [2.45, 2.75) is 6.54 Å². The first kappa shape index (κ1) is 14.7. The van der Waals surface area contributed by atoms with E-state index in [0.717, 1.165) is 4.47 Å². The lowest BCUT2D eigenvalue weighted by Crippen LogP contribution is -2.12. The fourth-order valence-corrected chi connectivity index (χ4v) is 2.75. The maximum Gasteiger partial charge on any atom is 0.325 e. The Labute approximate surface area is 131 Å². The molecule has 0 radical (unpaired) electrons. The fourth-order valence-electron chi connectivity index (χ4n) is 1.53. The Balaban J connectivity index is 2.11. The molecule has 1 aromatic carbocycles. The minimum atomic E-state index is -0.998. The number of halogens is 2. The van der Waals surface area contributed by atoms with E-state index in [9.17, 15) is 9.59 Å². The molecule has 104 valence electrons. The summed E-state index contributed by atoms with van der Waals surface area (Å²) in [6, 6.07) is 5.20. The molecule has 0 fully saturated rings. The number of rotatable bonds is 4. The number of nitrogens with one attached hydrogen (secondary N) is 1. The number of benzene rings is 1. The fraction of sp³-hybridized carbons (Fsp3) is 0.0833. The SMILES string of the molecule is O=C(O)Cn1cc(NC(=O)c2ccc(Br)cc2Br)cn1. The van der Waals surface area contributed by atoms with E-state index in [2.05, 4.69) is 42.3 Å². The van der Waals surface area contributed by atoms with Crippen LogP contribution in [0.15, 0.2) is 39.5 Å². The van der Waals surface area contributed by atoms with Gasteiger partial charge in [0.05, 0.1) is 17.4 Å². The number of aliphatic carboxylic acids is 1. The van der Waals surface area contributed by atoms with Crippen molar-refractivity contribution in [2.24, 2.45) is 0 Å². The molecule has 1 amide bonds. The second kappa shape index (κ2) is 6.19. The molecule has 0 spiro atoms. The number of hydrogen-bond donors (Lipinski definition) is 2. The van der Waals surface area contributed by atoms with Gasteiger partial charge >= 0.3 is 5.97 Å². The largest absolute Gasteiger partial charge is 0.480 e. The molecule has 8 heteroatoms. The van der Waals surface area contributed by atoms with Crippen LogP contribution in [0.25, 0.3) is 0 Å². The summed E-state index contributed by atoms with van der Waals surface area (Å²) in [5, 5.41) is 15.1. The maximum atomic E-state index is 12.1. The number of nitrogens with zero attached hydrogens (tertiary/aromatic N) is 2. The van der Waals surface area contributed by atoms with Gasteiger partial charge in [0.1, 0.15) is 6.54 Å². The first-order chi connectivity index (χ1) is 9.45. The molecule has 0 bridgehead atoms. The van der Waals surface area contributed by atoms with Crippen LogP contribution in [0, 0.1) is 0 Å². The van der Waals surface area contributed by atoms with Gasteiger partial charge in [-0.05, 0) is 34.1 Å². The second-order valence-corrected chi connectivity index (χ2v) is 5.67. The molecule has 0 aliphatic heterocycles. The zero-order valence-electron chi connectivity index (χ0n) is 10.0. The van der Waals surface area contributed by atoms with Gasteiger partial charge in [-0.2, -0.15) is 5.10 Å². The Hall–Kier alpha value is -1.67. The third-order valence-electron chi connectivity index (χ3n) is 2.36. The molecule has 2 rings (SSSR count). The van der Waals surface area contributed by atoms with Crippen LogP contribution < -0.4 is 5.32 Å². The summed E-state index contributed by atoms with van der Waals surface area (Å²) in [6.45, 7) is -0.252. The number of carboxylic acid groups (broad SMARTS) is 1. The van der Waals surface area contributed by atoms with Gasteiger partial charge in [0.2, 0.25) is 0 Å². The van der Waals surface area contributed by atoms with Crippen molar-refractivity contribution in [1.29, 1.82) is 0 Å². The number of hydrogen-bond acceptors (Lipinski definition) is 3. The molecule has 1 aromatic heterocycles. The van der Waals surface area contributed by atoms with Crippen molar-refractivity contribution in [1.82, 2.24) is 9.78 Å². The van der Waals surface area contributed by atoms with Gasteiger partial charge in [-0.25, -0.2) is 0 Å². The highest BCUT2D eigenvalue weighted by Gasteiger charge is 2.12. The topological polar surface area (TPSA) is 84.2 Å². The summed E-state index contributed by atoms with van der Waals surface area (Å²) >= 11 is 6.62. The average molecular weight is 403 g/mol. The van der Waals surface area contributed by atoms with E-state index in [-0.39, 0.29) is 12.5 Å². The first-order valence-electron chi connectivity index (χ1n) is 5.46. The summed E-state index contributed by atoms with van der Waals surface area (Å²) in [4.78, 5) is 22.6. The molecule has 6 nitrogen and oxygen atoms in total. The van der Waals surface area contributed by atoms with Crippen molar-refractivity contribution < 1.29 is 14.7 Å². The Morgan fingerprint density at radius 1 is 1.35 bits per heavy atom. The van der Waals surface area contributed by atoms with Crippen molar-refractivity contribution in [3.05, 3.63) is 45.1 Å². The van der Waals surface area contributed by atoms with Crippen molar-refractivity contribution in [3.8, 4) is 0 Å². The van der Waals surface area contributed by atoms with Crippen LogP contribution in [0.4, 0.5) is 5.69 Å². The summed E-state index contributed by atoms with van der Waals surface area (Å²) in [7, 11) is 0. The van der Waals surface area contributed by atoms with Crippen LogP contribution in [0.5, 0.6) is 0 Å². The molecular formula is C12H9Br2N3O3. The molecule has 0 saturated carbocycles. The molecule has 0 saturated heterocycles. The smallest absolute Gasteiger partial charge is 0.325 e. The predicted octanol–water partition coefficient (Wildman–Crippen LogP) is 2.75. The van der Waals surface area contributed by atoms with Crippen LogP contribution in [-0.2, 0) is 11.3 Å². The average Bonchev–Trinajstić information content (AvgIpc) is 2.75. The van der Waals surface area contributed by atoms with Gasteiger partial charge in [-0.1, -0.05) is 15.9 Å². The molecule has 2 N–H and O–H groups in total. The number of carbonyl (C=O) groups is 2. The minimum Gasteiger partial charge on any atom is -0.480 e. The Morgan fingerprint density at radius 2 is 2.10 bits per heavy atom. The lowest BCUT2D eigenvalue weighted by molar-refractivity contribution is -0.137. The summed E-state index contributed by atoms with van der Waals surface area (Å²) in [5.41, 5.74) is 0.908. The predicted molar refractivity (Wildman–Crippen MR) is 79.7 cm³/mol. The molecule has 0 unspecified atom stereocenters. The van der Waals surface area contributed by atoms with Gasteiger partial charge in [0.15, 0.2) is 0 Å². The molecule has 1 heterocycles. The lowest BCUT2D eigenvalue weighted by atomic mass is 10.2. The van der Waals surface area contributed by atoms with E-state index < -0.39 is 5.97 Å².